The third kappa shape index (κ3) is 4.75. The highest BCUT2D eigenvalue weighted by atomic mass is 16.5. The molecule has 0 heterocycles. The van der Waals surface area contributed by atoms with Gasteiger partial charge >= 0.3 is 0 Å². The van der Waals surface area contributed by atoms with Gasteiger partial charge in [0, 0.05) is 13.2 Å². The minimum absolute atomic E-state index is 0.165. The second-order valence-corrected chi connectivity index (χ2v) is 4.63. The minimum Gasteiger partial charge on any atom is -0.383 e. The van der Waals surface area contributed by atoms with Crippen molar-refractivity contribution in [3.8, 4) is 0 Å². The first-order valence-electron chi connectivity index (χ1n) is 6.14. The van der Waals surface area contributed by atoms with Gasteiger partial charge in [0.15, 0.2) is 5.96 Å². The highest BCUT2D eigenvalue weighted by Crippen LogP contribution is 2.11. The largest absolute Gasteiger partial charge is 0.383 e. The number of nitrogens with zero attached hydrogens (tertiary/aromatic N) is 1. The molecule has 0 saturated heterocycles. The fraction of sp³-hybridized carbons (Fsp3) is 0.500. The van der Waals surface area contributed by atoms with Crippen molar-refractivity contribution in [1.82, 2.24) is 5.32 Å². The van der Waals surface area contributed by atoms with Crippen LogP contribution in [0, 0.1) is 13.8 Å². The monoisotopic (exact) mass is 249 g/mol. The van der Waals surface area contributed by atoms with Crippen molar-refractivity contribution in [1.29, 1.82) is 0 Å². The molecule has 0 amide bonds. The number of nitrogens with two attached hydrogens (primary N) is 1. The van der Waals surface area contributed by atoms with Crippen molar-refractivity contribution in [2.24, 2.45) is 10.7 Å². The van der Waals surface area contributed by atoms with Crippen molar-refractivity contribution in [3.05, 3.63) is 34.9 Å². The summed E-state index contributed by atoms with van der Waals surface area (Å²) >= 11 is 0. The highest BCUT2D eigenvalue weighted by molar-refractivity contribution is 5.78. The zero-order valence-corrected chi connectivity index (χ0v) is 11.7. The molecule has 3 N–H and O–H groups in total. The Morgan fingerprint density at radius 3 is 2.78 bits per heavy atom. The van der Waals surface area contributed by atoms with E-state index in [1.54, 1.807) is 7.11 Å². The number of aryl methyl sites for hydroxylation is 2. The molecule has 1 atom stereocenters. The number of hydrogen-bond donors (Lipinski definition) is 2. The van der Waals surface area contributed by atoms with Crippen LogP contribution in [0.3, 0.4) is 0 Å². The third-order valence-electron chi connectivity index (χ3n) is 2.73. The van der Waals surface area contributed by atoms with Gasteiger partial charge in [0.1, 0.15) is 0 Å². The SMILES string of the molecule is COCC(C)NC(N)=NCc1ccc(C)cc1C. The van der Waals surface area contributed by atoms with E-state index in [0.717, 1.165) is 0 Å². The summed E-state index contributed by atoms with van der Waals surface area (Å²) < 4.78 is 5.03. The van der Waals surface area contributed by atoms with E-state index < -0.39 is 0 Å². The van der Waals surface area contributed by atoms with Crippen molar-refractivity contribution in [2.45, 2.75) is 33.4 Å². The summed E-state index contributed by atoms with van der Waals surface area (Å²) in [6, 6.07) is 6.51. The molecule has 1 unspecified atom stereocenters. The molecule has 0 aliphatic carbocycles. The average molecular weight is 249 g/mol. The molecule has 1 aromatic carbocycles. The second kappa shape index (κ2) is 7.01. The van der Waals surface area contributed by atoms with Crippen LogP contribution in [-0.4, -0.2) is 25.7 Å². The molecule has 0 bridgehead atoms. The van der Waals surface area contributed by atoms with Gasteiger partial charge in [-0.1, -0.05) is 23.8 Å². The zero-order chi connectivity index (χ0) is 13.5. The maximum absolute atomic E-state index is 5.82. The Bertz CT molecular complexity index is 416. The van der Waals surface area contributed by atoms with E-state index in [0.29, 0.717) is 19.1 Å². The Morgan fingerprint density at radius 1 is 1.44 bits per heavy atom. The smallest absolute Gasteiger partial charge is 0.189 e. The van der Waals surface area contributed by atoms with Crippen molar-refractivity contribution in [3.63, 3.8) is 0 Å². The fourth-order valence-electron chi connectivity index (χ4n) is 1.78. The molecule has 4 heteroatoms. The lowest BCUT2D eigenvalue weighted by Gasteiger charge is -2.13. The summed E-state index contributed by atoms with van der Waals surface area (Å²) in [6.07, 6.45) is 0. The molecule has 18 heavy (non-hydrogen) atoms. The van der Waals surface area contributed by atoms with Crippen LogP contribution < -0.4 is 11.1 Å². The van der Waals surface area contributed by atoms with E-state index in [4.69, 9.17) is 10.5 Å². The number of methoxy groups -OCH3 is 1. The fourth-order valence-corrected chi connectivity index (χ4v) is 1.78. The van der Waals surface area contributed by atoms with Crippen LogP contribution >= 0.6 is 0 Å². The van der Waals surface area contributed by atoms with Crippen LogP contribution in [0.15, 0.2) is 23.2 Å². The lowest BCUT2D eigenvalue weighted by molar-refractivity contribution is 0.179. The molecule has 0 aliphatic rings. The zero-order valence-electron chi connectivity index (χ0n) is 11.7. The van der Waals surface area contributed by atoms with Crippen molar-refractivity contribution in [2.75, 3.05) is 13.7 Å². The summed E-state index contributed by atoms with van der Waals surface area (Å²) in [5, 5.41) is 3.08. The first-order chi connectivity index (χ1) is 8.52. The number of guanidine groups is 1. The number of benzene rings is 1. The predicted molar refractivity (Wildman–Crippen MR) is 75.7 cm³/mol. The quantitative estimate of drug-likeness (QED) is 0.617. The molecular formula is C14H23N3O. The maximum atomic E-state index is 5.82. The molecule has 1 aromatic rings. The van der Waals surface area contributed by atoms with Crippen LogP contribution in [0.4, 0.5) is 0 Å². The van der Waals surface area contributed by atoms with Gasteiger partial charge in [-0.15, -0.1) is 0 Å². The van der Waals surface area contributed by atoms with E-state index in [2.05, 4.69) is 42.4 Å². The summed E-state index contributed by atoms with van der Waals surface area (Å²) in [5.74, 6) is 0.458. The van der Waals surface area contributed by atoms with Gasteiger partial charge < -0.3 is 15.8 Å². The summed E-state index contributed by atoms with van der Waals surface area (Å²) in [5.41, 5.74) is 9.53. The Kier molecular flexibility index (Phi) is 5.65. The molecule has 0 fully saturated rings. The number of aliphatic imine (C=N–C) groups is 1. The van der Waals surface area contributed by atoms with Gasteiger partial charge in [-0.3, -0.25) is 0 Å². The van der Waals surface area contributed by atoms with Gasteiger partial charge in [-0.2, -0.15) is 0 Å². The molecule has 4 nitrogen and oxygen atoms in total. The lowest BCUT2D eigenvalue weighted by Crippen LogP contribution is -2.40. The van der Waals surface area contributed by atoms with Gasteiger partial charge in [0.25, 0.3) is 0 Å². The first-order valence-corrected chi connectivity index (χ1v) is 6.14. The van der Waals surface area contributed by atoms with Crippen molar-refractivity contribution < 1.29 is 4.74 Å². The Balaban J connectivity index is 2.57. The van der Waals surface area contributed by atoms with Gasteiger partial charge in [0.2, 0.25) is 0 Å². The van der Waals surface area contributed by atoms with Crippen molar-refractivity contribution >= 4 is 5.96 Å². The van der Waals surface area contributed by atoms with Gasteiger partial charge in [-0.25, -0.2) is 4.99 Å². The summed E-state index contributed by atoms with van der Waals surface area (Å²) in [6.45, 7) is 7.39. The predicted octanol–water partition coefficient (Wildman–Crippen LogP) is 1.74. The maximum Gasteiger partial charge on any atom is 0.189 e. The normalized spacial score (nSPS) is 13.4. The molecule has 0 aliphatic heterocycles. The Morgan fingerprint density at radius 2 is 2.17 bits per heavy atom. The van der Waals surface area contributed by atoms with Crippen LogP contribution in [0.1, 0.15) is 23.6 Å². The van der Waals surface area contributed by atoms with Gasteiger partial charge in [0.05, 0.1) is 13.2 Å². The van der Waals surface area contributed by atoms with E-state index in [1.165, 1.54) is 16.7 Å². The molecule has 0 radical (unpaired) electrons. The summed E-state index contributed by atoms with van der Waals surface area (Å²) in [7, 11) is 1.67. The highest BCUT2D eigenvalue weighted by Gasteiger charge is 2.02. The third-order valence-corrected chi connectivity index (χ3v) is 2.73. The topological polar surface area (TPSA) is 59.6 Å². The van der Waals surface area contributed by atoms with E-state index >= 15 is 0 Å². The summed E-state index contributed by atoms with van der Waals surface area (Å²) in [4.78, 5) is 4.33. The molecular weight excluding hydrogens is 226 g/mol. The van der Waals surface area contributed by atoms with Crippen LogP contribution in [0.25, 0.3) is 0 Å². The van der Waals surface area contributed by atoms with Crippen LogP contribution in [0.5, 0.6) is 0 Å². The van der Waals surface area contributed by atoms with E-state index in [-0.39, 0.29) is 6.04 Å². The molecule has 100 valence electrons. The van der Waals surface area contributed by atoms with Crippen LogP contribution in [-0.2, 0) is 11.3 Å². The van der Waals surface area contributed by atoms with Crippen LogP contribution in [0.2, 0.25) is 0 Å². The Labute approximate surface area is 109 Å². The van der Waals surface area contributed by atoms with Gasteiger partial charge in [-0.05, 0) is 31.9 Å². The average Bonchev–Trinajstić information content (AvgIpc) is 2.28. The number of hydrogen-bond acceptors (Lipinski definition) is 2. The molecule has 0 aromatic heterocycles. The molecule has 0 spiro atoms. The number of ether oxygens (including phenoxy) is 1. The second-order valence-electron chi connectivity index (χ2n) is 4.63. The molecule has 0 saturated carbocycles. The minimum atomic E-state index is 0.165. The van der Waals surface area contributed by atoms with E-state index in [1.807, 2.05) is 6.92 Å². The lowest BCUT2D eigenvalue weighted by atomic mass is 10.1. The van der Waals surface area contributed by atoms with E-state index in [9.17, 15) is 0 Å². The number of nitrogens with one attached hydrogen (secondary N) is 1. The standard InChI is InChI=1S/C14H23N3O/c1-10-5-6-13(11(2)7-10)8-16-14(15)17-12(3)9-18-4/h5-7,12H,8-9H2,1-4H3,(H3,15,16,17). The molecule has 1 rings (SSSR count). The Hall–Kier alpha value is -1.55. The first kappa shape index (κ1) is 14.5. The number of rotatable bonds is 5.